The van der Waals surface area contributed by atoms with Crippen molar-refractivity contribution >= 4 is 11.8 Å². The van der Waals surface area contributed by atoms with Crippen LogP contribution in [0.4, 0.5) is 0 Å². The summed E-state index contributed by atoms with van der Waals surface area (Å²) in [5.74, 6) is 1.12. The number of hydrogen-bond acceptors (Lipinski definition) is 3. The zero-order valence-corrected chi connectivity index (χ0v) is 16.0. The van der Waals surface area contributed by atoms with Crippen LogP contribution in [-0.2, 0) is 9.59 Å². The summed E-state index contributed by atoms with van der Waals surface area (Å²) in [6.07, 6.45) is 9.10. The fourth-order valence-corrected chi connectivity index (χ4v) is 4.76. The van der Waals surface area contributed by atoms with Crippen LogP contribution in [0.1, 0.15) is 65.2 Å². The van der Waals surface area contributed by atoms with Crippen molar-refractivity contribution < 1.29 is 9.59 Å². The predicted molar refractivity (Wildman–Crippen MR) is 99.1 cm³/mol. The van der Waals surface area contributed by atoms with Gasteiger partial charge in [-0.3, -0.25) is 14.5 Å². The van der Waals surface area contributed by atoms with E-state index in [0.717, 1.165) is 58.3 Å². The van der Waals surface area contributed by atoms with E-state index in [0.29, 0.717) is 17.9 Å². The van der Waals surface area contributed by atoms with Gasteiger partial charge in [0.05, 0.1) is 12.0 Å². The SMILES string of the molecule is C[C@@H]1CCCC[C@@H]1NC(=O)[C@@H](C)N1CCC[C@@H](C(=O)N2CCCC2)C1. The molecule has 1 saturated carbocycles. The molecule has 4 atom stereocenters. The highest BCUT2D eigenvalue weighted by molar-refractivity contribution is 5.82. The maximum atomic E-state index is 12.7. The lowest BCUT2D eigenvalue weighted by atomic mass is 9.86. The molecular weight excluding hydrogens is 314 g/mol. The van der Waals surface area contributed by atoms with Crippen LogP contribution in [0.25, 0.3) is 0 Å². The molecule has 1 aliphatic carbocycles. The average molecular weight is 350 g/mol. The second kappa shape index (κ2) is 8.52. The molecule has 0 aromatic rings. The first kappa shape index (κ1) is 18.7. The quantitative estimate of drug-likeness (QED) is 0.848. The van der Waals surface area contributed by atoms with Crippen LogP contribution >= 0.6 is 0 Å². The first-order chi connectivity index (χ1) is 12.1. The molecule has 25 heavy (non-hydrogen) atoms. The van der Waals surface area contributed by atoms with E-state index in [1.54, 1.807) is 0 Å². The van der Waals surface area contributed by atoms with Crippen molar-refractivity contribution in [3.05, 3.63) is 0 Å². The van der Waals surface area contributed by atoms with Gasteiger partial charge >= 0.3 is 0 Å². The number of hydrogen-bond donors (Lipinski definition) is 1. The summed E-state index contributed by atoms with van der Waals surface area (Å²) >= 11 is 0. The van der Waals surface area contributed by atoms with Crippen molar-refractivity contribution in [3.8, 4) is 0 Å². The largest absolute Gasteiger partial charge is 0.352 e. The van der Waals surface area contributed by atoms with Gasteiger partial charge in [0, 0.05) is 25.7 Å². The first-order valence-corrected chi connectivity index (χ1v) is 10.4. The van der Waals surface area contributed by atoms with Gasteiger partial charge in [-0.05, 0) is 57.9 Å². The highest BCUT2D eigenvalue weighted by atomic mass is 16.2. The third-order valence-electron chi connectivity index (χ3n) is 6.59. The summed E-state index contributed by atoms with van der Waals surface area (Å²) in [5, 5.41) is 3.29. The van der Waals surface area contributed by atoms with E-state index >= 15 is 0 Å². The molecule has 2 amide bonds. The van der Waals surface area contributed by atoms with Crippen molar-refractivity contribution in [2.75, 3.05) is 26.2 Å². The molecule has 5 nitrogen and oxygen atoms in total. The lowest BCUT2D eigenvalue weighted by Crippen LogP contribution is -2.54. The number of carbonyl (C=O) groups is 2. The highest BCUT2D eigenvalue weighted by Gasteiger charge is 2.34. The lowest BCUT2D eigenvalue weighted by Gasteiger charge is -2.38. The molecule has 0 aromatic carbocycles. The van der Waals surface area contributed by atoms with Gasteiger partial charge in [0.1, 0.15) is 0 Å². The van der Waals surface area contributed by atoms with Crippen molar-refractivity contribution in [2.24, 2.45) is 11.8 Å². The number of nitrogens with zero attached hydrogens (tertiary/aromatic N) is 2. The van der Waals surface area contributed by atoms with Crippen molar-refractivity contribution in [2.45, 2.75) is 77.3 Å². The Balaban J connectivity index is 1.52. The zero-order valence-electron chi connectivity index (χ0n) is 16.0. The van der Waals surface area contributed by atoms with E-state index in [4.69, 9.17) is 0 Å². The molecule has 5 heteroatoms. The minimum Gasteiger partial charge on any atom is -0.352 e. The normalized spacial score (nSPS) is 32.4. The molecule has 2 saturated heterocycles. The Kier molecular flexibility index (Phi) is 6.37. The molecule has 0 spiro atoms. The Bertz CT molecular complexity index is 476. The number of likely N-dealkylation sites (tertiary alicyclic amines) is 2. The minimum atomic E-state index is -0.136. The fourth-order valence-electron chi connectivity index (χ4n) is 4.76. The molecule has 0 radical (unpaired) electrons. The molecule has 3 rings (SSSR count). The molecule has 3 fully saturated rings. The molecule has 0 unspecified atom stereocenters. The van der Waals surface area contributed by atoms with Gasteiger partial charge in [-0.2, -0.15) is 0 Å². The Hall–Kier alpha value is -1.10. The van der Waals surface area contributed by atoms with Crippen LogP contribution in [0.5, 0.6) is 0 Å². The number of rotatable bonds is 4. The molecule has 1 N–H and O–H groups in total. The van der Waals surface area contributed by atoms with Gasteiger partial charge in [-0.1, -0.05) is 19.8 Å². The van der Waals surface area contributed by atoms with Gasteiger partial charge in [0.2, 0.25) is 11.8 Å². The Morgan fingerprint density at radius 2 is 1.68 bits per heavy atom. The van der Waals surface area contributed by atoms with Crippen LogP contribution < -0.4 is 5.32 Å². The summed E-state index contributed by atoms with van der Waals surface area (Å²) in [6.45, 7) is 7.77. The average Bonchev–Trinajstić information content (AvgIpc) is 3.17. The summed E-state index contributed by atoms with van der Waals surface area (Å²) < 4.78 is 0. The zero-order chi connectivity index (χ0) is 17.8. The van der Waals surface area contributed by atoms with Crippen molar-refractivity contribution in [3.63, 3.8) is 0 Å². The summed E-state index contributed by atoms with van der Waals surface area (Å²) in [4.78, 5) is 29.7. The van der Waals surface area contributed by atoms with Gasteiger partial charge in [-0.25, -0.2) is 0 Å². The second-order valence-corrected chi connectivity index (χ2v) is 8.42. The fraction of sp³-hybridized carbons (Fsp3) is 0.900. The van der Waals surface area contributed by atoms with E-state index in [-0.39, 0.29) is 17.9 Å². The van der Waals surface area contributed by atoms with E-state index in [9.17, 15) is 9.59 Å². The predicted octanol–water partition coefficient (Wildman–Crippen LogP) is 2.40. The first-order valence-electron chi connectivity index (χ1n) is 10.4. The molecular formula is C20H35N3O2. The molecule has 0 aromatic heterocycles. The van der Waals surface area contributed by atoms with Crippen molar-refractivity contribution in [1.29, 1.82) is 0 Å². The van der Waals surface area contributed by atoms with Gasteiger partial charge in [0.15, 0.2) is 0 Å². The summed E-state index contributed by atoms with van der Waals surface area (Å²) in [7, 11) is 0. The standard InChI is InChI=1S/C20H35N3O2/c1-15-8-3-4-10-18(15)21-19(24)16(2)23-13-7-9-17(14-23)20(25)22-11-5-6-12-22/h15-18H,3-14H2,1-2H3,(H,21,24)/t15-,16-,17-,18+/m1/s1. The summed E-state index contributed by atoms with van der Waals surface area (Å²) in [6, 6.07) is 0.193. The van der Waals surface area contributed by atoms with Crippen LogP contribution in [0.2, 0.25) is 0 Å². The van der Waals surface area contributed by atoms with Gasteiger partial charge in [0.25, 0.3) is 0 Å². The van der Waals surface area contributed by atoms with E-state index in [1.807, 2.05) is 11.8 Å². The molecule has 142 valence electrons. The highest BCUT2D eigenvalue weighted by Crippen LogP contribution is 2.25. The monoisotopic (exact) mass is 349 g/mol. The van der Waals surface area contributed by atoms with Crippen LogP contribution in [-0.4, -0.2) is 59.9 Å². The maximum Gasteiger partial charge on any atom is 0.237 e. The summed E-state index contributed by atoms with van der Waals surface area (Å²) in [5.41, 5.74) is 0. The third-order valence-corrected chi connectivity index (χ3v) is 6.59. The van der Waals surface area contributed by atoms with Gasteiger partial charge < -0.3 is 10.2 Å². The lowest BCUT2D eigenvalue weighted by molar-refractivity contribution is -0.138. The number of piperidine rings is 1. The molecule has 3 aliphatic rings. The molecule has 2 heterocycles. The Morgan fingerprint density at radius 3 is 2.40 bits per heavy atom. The number of nitrogens with one attached hydrogen (secondary N) is 1. The van der Waals surface area contributed by atoms with Crippen molar-refractivity contribution in [1.82, 2.24) is 15.1 Å². The van der Waals surface area contributed by atoms with E-state index in [1.165, 1.54) is 19.3 Å². The molecule has 0 bridgehead atoms. The van der Waals surface area contributed by atoms with Gasteiger partial charge in [-0.15, -0.1) is 0 Å². The Labute approximate surface area is 152 Å². The molecule has 2 aliphatic heterocycles. The smallest absolute Gasteiger partial charge is 0.237 e. The number of amides is 2. The third kappa shape index (κ3) is 4.55. The topological polar surface area (TPSA) is 52.7 Å². The van der Waals surface area contributed by atoms with Crippen LogP contribution in [0.15, 0.2) is 0 Å². The van der Waals surface area contributed by atoms with Crippen LogP contribution in [0, 0.1) is 11.8 Å². The van der Waals surface area contributed by atoms with Crippen LogP contribution in [0.3, 0.4) is 0 Å². The minimum absolute atomic E-state index is 0.0794. The number of carbonyl (C=O) groups excluding carboxylic acids is 2. The Morgan fingerprint density at radius 1 is 0.960 bits per heavy atom. The maximum absolute atomic E-state index is 12.7. The second-order valence-electron chi connectivity index (χ2n) is 8.42. The van der Waals surface area contributed by atoms with E-state index in [2.05, 4.69) is 17.1 Å². The van der Waals surface area contributed by atoms with E-state index < -0.39 is 0 Å².